The third-order valence-corrected chi connectivity index (χ3v) is 5.92. The van der Waals surface area contributed by atoms with Gasteiger partial charge in [0.1, 0.15) is 0 Å². The normalized spacial score (nSPS) is 13.3. The number of nitrogens with one attached hydrogen (secondary N) is 2. The minimum atomic E-state index is -3.51. The number of hydrogen-bond donors (Lipinski definition) is 2. The van der Waals surface area contributed by atoms with Gasteiger partial charge in [-0.25, -0.2) is 13.1 Å². The molecule has 0 fully saturated rings. The molecular formula is C15H20N2O2S2. The quantitative estimate of drug-likeness (QED) is 0.859. The highest BCUT2D eigenvalue weighted by Crippen LogP contribution is 2.24. The Kier molecular flexibility index (Phi) is 5.16. The average Bonchev–Trinajstić information content (AvgIpc) is 2.88. The third kappa shape index (κ3) is 3.91. The molecular weight excluding hydrogens is 304 g/mol. The first-order valence-electron chi connectivity index (χ1n) is 6.74. The highest BCUT2D eigenvalue weighted by atomic mass is 32.2. The molecule has 0 spiro atoms. The molecule has 1 aromatic heterocycles. The molecule has 2 aromatic rings. The summed E-state index contributed by atoms with van der Waals surface area (Å²) in [5.74, 6) is 0. The summed E-state index contributed by atoms with van der Waals surface area (Å²) < 4.78 is 27.8. The second kappa shape index (κ2) is 6.70. The molecule has 1 heterocycles. The van der Waals surface area contributed by atoms with E-state index in [1.54, 1.807) is 18.5 Å². The number of sulfonamides is 1. The zero-order valence-corrected chi connectivity index (χ0v) is 14.0. The molecule has 0 bridgehead atoms. The van der Waals surface area contributed by atoms with Gasteiger partial charge in [0.05, 0.1) is 4.90 Å². The fraction of sp³-hybridized carbons (Fsp3) is 0.333. The summed E-state index contributed by atoms with van der Waals surface area (Å²) in [4.78, 5) is 1.18. The van der Waals surface area contributed by atoms with Crippen molar-refractivity contribution in [2.75, 3.05) is 7.05 Å². The largest absolute Gasteiger partial charge is 0.315 e. The van der Waals surface area contributed by atoms with Gasteiger partial charge in [0, 0.05) is 17.5 Å². The van der Waals surface area contributed by atoms with Gasteiger partial charge in [0.15, 0.2) is 0 Å². The van der Waals surface area contributed by atoms with E-state index in [0.29, 0.717) is 11.4 Å². The molecule has 0 saturated carbocycles. The Balaban J connectivity index is 2.20. The van der Waals surface area contributed by atoms with E-state index in [0.717, 1.165) is 16.0 Å². The van der Waals surface area contributed by atoms with Gasteiger partial charge in [-0.2, -0.15) is 0 Å². The molecule has 0 aliphatic carbocycles. The van der Waals surface area contributed by atoms with Crippen LogP contribution in [0.4, 0.5) is 0 Å². The standard InChI is InChI=1S/C15H20N2O2S2/c1-11-4-6-13(7-5-11)12(2)17-21(18,19)15-8-9-20-14(15)10-16-3/h4-9,12,16-17H,10H2,1-3H3. The Bertz CT molecular complexity index is 691. The molecule has 1 atom stereocenters. The Morgan fingerprint density at radius 1 is 1.19 bits per heavy atom. The first-order valence-corrected chi connectivity index (χ1v) is 9.10. The lowest BCUT2D eigenvalue weighted by Gasteiger charge is -2.15. The van der Waals surface area contributed by atoms with Crippen molar-refractivity contribution in [3.05, 3.63) is 51.7 Å². The van der Waals surface area contributed by atoms with E-state index in [1.165, 1.54) is 11.3 Å². The van der Waals surface area contributed by atoms with Crippen LogP contribution in [0.25, 0.3) is 0 Å². The first kappa shape index (κ1) is 16.2. The van der Waals surface area contributed by atoms with Crippen molar-refractivity contribution in [1.82, 2.24) is 10.0 Å². The molecule has 0 aliphatic heterocycles. The van der Waals surface area contributed by atoms with Gasteiger partial charge in [-0.05, 0) is 37.9 Å². The highest BCUT2D eigenvalue weighted by Gasteiger charge is 2.22. The van der Waals surface area contributed by atoms with Gasteiger partial charge in [-0.15, -0.1) is 11.3 Å². The predicted molar refractivity (Wildman–Crippen MR) is 87.0 cm³/mol. The van der Waals surface area contributed by atoms with Gasteiger partial charge in [0.25, 0.3) is 0 Å². The predicted octanol–water partition coefficient (Wildman–Crippen LogP) is 2.82. The lowest BCUT2D eigenvalue weighted by atomic mass is 10.1. The molecule has 0 saturated heterocycles. The minimum absolute atomic E-state index is 0.266. The van der Waals surface area contributed by atoms with Crippen molar-refractivity contribution in [3.63, 3.8) is 0 Å². The van der Waals surface area contributed by atoms with E-state index >= 15 is 0 Å². The van der Waals surface area contributed by atoms with Crippen LogP contribution in [0.15, 0.2) is 40.6 Å². The van der Waals surface area contributed by atoms with Gasteiger partial charge in [0.2, 0.25) is 10.0 Å². The topological polar surface area (TPSA) is 58.2 Å². The van der Waals surface area contributed by atoms with Crippen LogP contribution in [0.3, 0.4) is 0 Å². The third-order valence-electron chi connectivity index (χ3n) is 3.24. The monoisotopic (exact) mass is 324 g/mol. The van der Waals surface area contributed by atoms with Crippen molar-refractivity contribution < 1.29 is 8.42 Å². The Morgan fingerprint density at radius 2 is 1.86 bits per heavy atom. The summed E-state index contributed by atoms with van der Waals surface area (Å²) in [6.07, 6.45) is 0. The molecule has 2 rings (SSSR count). The number of rotatable bonds is 6. The van der Waals surface area contributed by atoms with E-state index < -0.39 is 10.0 Å². The summed E-state index contributed by atoms with van der Waals surface area (Å²) in [6.45, 7) is 4.41. The molecule has 0 radical (unpaired) electrons. The molecule has 4 nitrogen and oxygen atoms in total. The lowest BCUT2D eigenvalue weighted by molar-refractivity contribution is 0.566. The molecule has 6 heteroatoms. The number of aryl methyl sites for hydroxylation is 1. The zero-order chi connectivity index (χ0) is 15.5. The lowest BCUT2D eigenvalue weighted by Crippen LogP contribution is -2.27. The molecule has 21 heavy (non-hydrogen) atoms. The van der Waals surface area contributed by atoms with E-state index in [9.17, 15) is 8.42 Å². The van der Waals surface area contributed by atoms with Crippen LogP contribution in [0, 0.1) is 6.92 Å². The Hall–Kier alpha value is -1.21. The molecule has 0 aliphatic rings. The maximum absolute atomic E-state index is 12.5. The smallest absolute Gasteiger partial charge is 0.242 e. The van der Waals surface area contributed by atoms with Crippen LogP contribution in [-0.2, 0) is 16.6 Å². The SMILES string of the molecule is CNCc1sccc1S(=O)(=O)NC(C)c1ccc(C)cc1. The van der Waals surface area contributed by atoms with Crippen LogP contribution in [0.1, 0.15) is 29.0 Å². The van der Waals surface area contributed by atoms with Crippen LogP contribution in [-0.4, -0.2) is 15.5 Å². The zero-order valence-electron chi connectivity index (χ0n) is 12.4. The van der Waals surface area contributed by atoms with Gasteiger partial charge < -0.3 is 5.32 Å². The molecule has 1 unspecified atom stereocenters. The number of hydrogen-bond acceptors (Lipinski definition) is 4. The fourth-order valence-electron chi connectivity index (χ4n) is 2.08. The summed E-state index contributed by atoms with van der Waals surface area (Å²) in [7, 11) is -1.70. The van der Waals surface area contributed by atoms with Gasteiger partial charge >= 0.3 is 0 Å². The van der Waals surface area contributed by atoms with Crippen LogP contribution >= 0.6 is 11.3 Å². The average molecular weight is 324 g/mol. The Labute approximate surface area is 130 Å². The summed E-state index contributed by atoms with van der Waals surface area (Å²) in [6, 6.07) is 9.25. The van der Waals surface area contributed by atoms with Crippen molar-refractivity contribution >= 4 is 21.4 Å². The van der Waals surface area contributed by atoms with Crippen molar-refractivity contribution in [2.45, 2.75) is 31.3 Å². The van der Waals surface area contributed by atoms with E-state index in [4.69, 9.17) is 0 Å². The maximum Gasteiger partial charge on any atom is 0.242 e. The molecule has 0 amide bonds. The number of benzene rings is 1. The minimum Gasteiger partial charge on any atom is -0.315 e. The number of thiophene rings is 1. The molecule has 2 N–H and O–H groups in total. The van der Waals surface area contributed by atoms with Crippen molar-refractivity contribution in [3.8, 4) is 0 Å². The summed E-state index contributed by atoms with van der Waals surface area (Å²) in [5.41, 5.74) is 2.11. The van der Waals surface area contributed by atoms with Crippen LogP contribution in [0.2, 0.25) is 0 Å². The van der Waals surface area contributed by atoms with Crippen LogP contribution < -0.4 is 10.0 Å². The first-order chi connectivity index (χ1) is 9.94. The van der Waals surface area contributed by atoms with Gasteiger partial charge in [-0.1, -0.05) is 29.8 Å². The Morgan fingerprint density at radius 3 is 2.48 bits per heavy atom. The fourth-order valence-corrected chi connectivity index (χ4v) is 4.76. The second-order valence-electron chi connectivity index (χ2n) is 4.99. The molecule has 1 aromatic carbocycles. The van der Waals surface area contributed by atoms with Crippen molar-refractivity contribution in [1.29, 1.82) is 0 Å². The highest BCUT2D eigenvalue weighted by molar-refractivity contribution is 7.89. The summed E-state index contributed by atoms with van der Waals surface area (Å²) in [5, 5.41) is 4.80. The van der Waals surface area contributed by atoms with E-state index in [1.807, 2.05) is 38.1 Å². The molecule has 114 valence electrons. The van der Waals surface area contributed by atoms with Crippen LogP contribution in [0.5, 0.6) is 0 Å². The second-order valence-corrected chi connectivity index (χ2v) is 7.68. The van der Waals surface area contributed by atoms with Crippen molar-refractivity contribution in [2.24, 2.45) is 0 Å². The summed E-state index contributed by atoms with van der Waals surface area (Å²) >= 11 is 1.44. The van der Waals surface area contributed by atoms with Gasteiger partial charge in [-0.3, -0.25) is 0 Å². The van der Waals surface area contributed by atoms with E-state index in [-0.39, 0.29) is 6.04 Å². The van der Waals surface area contributed by atoms with E-state index in [2.05, 4.69) is 10.0 Å². The maximum atomic E-state index is 12.5.